The first-order valence-corrected chi connectivity index (χ1v) is 11.1. The highest BCUT2D eigenvalue weighted by molar-refractivity contribution is 5.83. The molecule has 4 aromatic rings. The first-order chi connectivity index (χ1) is 16.5. The van der Waals surface area contributed by atoms with E-state index in [4.69, 9.17) is 21.5 Å². The Kier molecular flexibility index (Phi) is 7.19. The summed E-state index contributed by atoms with van der Waals surface area (Å²) in [7, 11) is 0. The molecule has 172 valence electrons. The molecule has 4 heterocycles. The van der Waals surface area contributed by atoms with Gasteiger partial charge < -0.3 is 5.73 Å². The van der Waals surface area contributed by atoms with Crippen LogP contribution in [0.15, 0.2) is 77.9 Å². The lowest BCUT2D eigenvalue weighted by atomic mass is 9.95. The Balaban J connectivity index is 1.60. The van der Waals surface area contributed by atoms with E-state index in [-0.39, 0.29) is 5.92 Å². The highest BCUT2D eigenvalue weighted by Crippen LogP contribution is 2.20. The molecule has 0 atom stereocenters. The van der Waals surface area contributed by atoms with Gasteiger partial charge in [0.15, 0.2) is 0 Å². The average Bonchev–Trinajstić information content (AvgIpc) is 2.84. The van der Waals surface area contributed by atoms with Gasteiger partial charge in [-0.2, -0.15) is 5.10 Å². The molecule has 8 heteroatoms. The molecule has 0 aromatic carbocycles. The molecule has 0 unspecified atom stereocenters. The molecule has 0 saturated carbocycles. The summed E-state index contributed by atoms with van der Waals surface area (Å²) >= 11 is 0. The number of nitrogens with two attached hydrogens (primary N) is 2. The maximum absolute atomic E-state index is 6.29. The molecule has 0 spiro atoms. The summed E-state index contributed by atoms with van der Waals surface area (Å²) in [5.74, 6) is 5.65. The second-order valence-electron chi connectivity index (χ2n) is 8.13. The molecule has 8 nitrogen and oxygen atoms in total. The topological polar surface area (TPSA) is 128 Å². The van der Waals surface area contributed by atoms with Crippen LogP contribution in [-0.4, -0.2) is 25.8 Å². The van der Waals surface area contributed by atoms with Gasteiger partial charge in [-0.3, -0.25) is 19.9 Å². The maximum Gasteiger partial charge on any atom is 0.125 e. The minimum absolute atomic E-state index is 0.155. The number of hydrogen-bond donors (Lipinski definition) is 3. The number of rotatable bonds is 8. The standard InChI is InChI=1S/C26H28N8/c1-17-7-3-11-22(29-17)24-13-5-9-20(31-24)15-19(26(27)33-34-28)16-21-10-6-14-25(32-21)23-12-4-8-18(2)30-23/h3-14,19,34H,15-16,28H2,1-2H3,(H2,27,33). The summed E-state index contributed by atoms with van der Waals surface area (Å²) in [5, 5.41) is 4.04. The fourth-order valence-corrected chi connectivity index (χ4v) is 3.80. The zero-order valence-electron chi connectivity index (χ0n) is 19.3. The SMILES string of the molecule is Cc1cccc(-c2cccc(CC(Cc3cccc(-c4cccc(C)n4)n3)/C(N)=N/NN)n2)n1. The predicted molar refractivity (Wildman–Crippen MR) is 134 cm³/mol. The van der Waals surface area contributed by atoms with Crippen LogP contribution in [0.25, 0.3) is 22.8 Å². The van der Waals surface area contributed by atoms with Crippen molar-refractivity contribution >= 4 is 5.84 Å². The molecule has 5 N–H and O–H groups in total. The molecule has 0 amide bonds. The fraction of sp³-hybridized carbons (Fsp3) is 0.192. The summed E-state index contributed by atoms with van der Waals surface area (Å²) < 4.78 is 0. The molecule has 0 radical (unpaired) electrons. The van der Waals surface area contributed by atoms with Crippen LogP contribution in [0.4, 0.5) is 0 Å². The van der Waals surface area contributed by atoms with Crippen molar-refractivity contribution in [1.29, 1.82) is 0 Å². The minimum Gasteiger partial charge on any atom is -0.385 e. The second-order valence-corrected chi connectivity index (χ2v) is 8.13. The van der Waals surface area contributed by atoms with E-state index < -0.39 is 0 Å². The van der Waals surface area contributed by atoms with Crippen molar-refractivity contribution in [3.63, 3.8) is 0 Å². The largest absolute Gasteiger partial charge is 0.385 e. The van der Waals surface area contributed by atoms with Gasteiger partial charge in [0.05, 0.1) is 22.8 Å². The van der Waals surface area contributed by atoms with E-state index in [2.05, 4.69) is 20.6 Å². The molecule has 4 rings (SSSR count). The number of amidine groups is 1. The average molecular weight is 453 g/mol. The zero-order valence-corrected chi connectivity index (χ0v) is 19.3. The van der Waals surface area contributed by atoms with Gasteiger partial charge in [-0.1, -0.05) is 24.3 Å². The van der Waals surface area contributed by atoms with Crippen molar-refractivity contribution in [3.05, 3.63) is 95.6 Å². The van der Waals surface area contributed by atoms with Gasteiger partial charge in [0.1, 0.15) is 5.84 Å². The smallest absolute Gasteiger partial charge is 0.125 e. The van der Waals surface area contributed by atoms with E-state index >= 15 is 0 Å². The van der Waals surface area contributed by atoms with Crippen LogP contribution in [0.1, 0.15) is 22.8 Å². The molecular formula is C26H28N8. The number of pyridine rings is 4. The molecule has 0 aliphatic heterocycles. The summed E-state index contributed by atoms with van der Waals surface area (Å²) in [4.78, 5) is 18.8. The van der Waals surface area contributed by atoms with Gasteiger partial charge in [-0.25, -0.2) is 11.4 Å². The minimum atomic E-state index is -0.155. The van der Waals surface area contributed by atoms with Crippen LogP contribution in [0.5, 0.6) is 0 Å². The number of hydrogen-bond acceptors (Lipinski definition) is 7. The van der Waals surface area contributed by atoms with E-state index in [0.717, 1.165) is 45.6 Å². The number of hydrazone groups is 1. The molecule has 0 aliphatic carbocycles. The molecule has 0 fully saturated rings. The fourth-order valence-electron chi connectivity index (χ4n) is 3.80. The Morgan fingerprint density at radius 3 is 1.53 bits per heavy atom. The van der Waals surface area contributed by atoms with Crippen molar-refractivity contribution in [2.24, 2.45) is 22.6 Å². The Bertz CT molecular complexity index is 1210. The first kappa shape index (κ1) is 23.0. The third kappa shape index (κ3) is 5.79. The Labute approximate surface area is 199 Å². The van der Waals surface area contributed by atoms with Gasteiger partial charge in [-0.05, 0) is 75.2 Å². The van der Waals surface area contributed by atoms with Crippen LogP contribution in [-0.2, 0) is 12.8 Å². The van der Waals surface area contributed by atoms with E-state index in [1.165, 1.54) is 0 Å². The number of nitrogens with zero attached hydrogens (tertiary/aromatic N) is 5. The normalized spacial score (nSPS) is 11.6. The second kappa shape index (κ2) is 10.6. The van der Waals surface area contributed by atoms with Crippen molar-refractivity contribution in [2.45, 2.75) is 26.7 Å². The maximum atomic E-state index is 6.29. The predicted octanol–water partition coefficient (Wildman–Crippen LogP) is 3.35. The van der Waals surface area contributed by atoms with E-state index in [1.807, 2.05) is 86.6 Å². The molecule has 4 aromatic heterocycles. The van der Waals surface area contributed by atoms with Crippen LogP contribution in [0, 0.1) is 19.8 Å². The van der Waals surface area contributed by atoms with Gasteiger partial charge >= 0.3 is 0 Å². The highest BCUT2D eigenvalue weighted by atomic mass is 15.5. The van der Waals surface area contributed by atoms with Gasteiger partial charge in [0.25, 0.3) is 0 Å². The monoisotopic (exact) mass is 452 g/mol. The van der Waals surface area contributed by atoms with Crippen molar-refractivity contribution in [3.8, 4) is 22.8 Å². The Morgan fingerprint density at radius 1 is 0.706 bits per heavy atom. The number of aryl methyl sites for hydroxylation is 2. The lowest BCUT2D eigenvalue weighted by Gasteiger charge is -2.17. The van der Waals surface area contributed by atoms with Gasteiger partial charge in [0.2, 0.25) is 0 Å². The van der Waals surface area contributed by atoms with Gasteiger partial charge in [-0.15, -0.1) is 0 Å². The quantitative estimate of drug-likeness (QED) is 0.162. The van der Waals surface area contributed by atoms with E-state index in [0.29, 0.717) is 18.7 Å². The lowest BCUT2D eigenvalue weighted by Crippen LogP contribution is -2.32. The van der Waals surface area contributed by atoms with Crippen molar-refractivity contribution in [1.82, 2.24) is 25.5 Å². The number of aromatic nitrogens is 4. The van der Waals surface area contributed by atoms with Crippen LogP contribution < -0.4 is 17.1 Å². The molecule has 0 aliphatic rings. The lowest BCUT2D eigenvalue weighted by molar-refractivity contribution is 0.641. The summed E-state index contributed by atoms with van der Waals surface area (Å²) in [6, 6.07) is 23.7. The number of nitrogens with one attached hydrogen (secondary N) is 1. The van der Waals surface area contributed by atoms with E-state index in [9.17, 15) is 0 Å². The van der Waals surface area contributed by atoms with Crippen molar-refractivity contribution < 1.29 is 0 Å². The first-order valence-electron chi connectivity index (χ1n) is 11.1. The number of hydrazine groups is 1. The van der Waals surface area contributed by atoms with E-state index in [1.54, 1.807) is 0 Å². The molecular weight excluding hydrogens is 424 g/mol. The summed E-state index contributed by atoms with van der Waals surface area (Å²) in [6.45, 7) is 3.93. The third-order valence-corrected chi connectivity index (χ3v) is 5.44. The molecule has 0 saturated heterocycles. The van der Waals surface area contributed by atoms with Crippen LogP contribution >= 0.6 is 0 Å². The van der Waals surface area contributed by atoms with Gasteiger partial charge in [0, 0.05) is 28.7 Å². The van der Waals surface area contributed by atoms with Crippen molar-refractivity contribution in [2.75, 3.05) is 0 Å². The third-order valence-electron chi connectivity index (χ3n) is 5.44. The highest BCUT2D eigenvalue weighted by Gasteiger charge is 2.18. The molecule has 34 heavy (non-hydrogen) atoms. The molecule has 0 bridgehead atoms. The summed E-state index contributed by atoms with van der Waals surface area (Å²) in [6.07, 6.45) is 1.15. The Morgan fingerprint density at radius 2 is 1.12 bits per heavy atom. The van der Waals surface area contributed by atoms with Crippen LogP contribution in [0.3, 0.4) is 0 Å². The van der Waals surface area contributed by atoms with Crippen LogP contribution in [0.2, 0.25) is 0 Å². The zero-order chi connectivity index (χ0) is 23.9. The summed E-state index contributed by atoms with van der Waals surface area (Å²) in [5.41, 5.74) is 15.6. The Hall–Kier alpha value is -4.17.